The van der Waals surface area contributed by atoms with Gasteiger partial charge in [0.1, 0.15) is 11.6 Å². The summed E-state index contributed by atoms with van der Waals surface area (Å²) in [5.74, 6) is -0.0750. The maximum Gasteiger partial charge on any atom is 0.323 e. The second kappa shape index (κ2) is 5.41. The molecule has 4 heteroatoms. The minimum atomic E-state index is -0.396. The quantitative estimate of drug-likeness (QED) is 0.716. The van der Waals surface area contributed by atoms with Crippen molar-refractivity contribution in [2.24, 2.45) is 0 Å². The first-order valence-electron chi connectivity index (χ1n) is 7.47. The highest BCUT2D eigenvalue weighted by molar-refractivity contribution is 5.75. The Morgan fingerprint density at radius 1 is 1.21 bits per heavy atom. The largest absolute Gasteiger partial charge is 0.459 e. The Hall–Kier alpha value is -0.610. The molecule has 2 aliphatic rings. The van der Waals surface area contributed by atoms with E-state index in [0.717, 1.165) is 13.1 Å². The van der Waals surface area contributed by atoms with Crippen molar-refractivity contribution in [1.29, 1.82) is 0 Å². The van der Waals surface area contributed by atoms with E-state index in [1.165, 1.54) is 19.3 Å². The minimum absolute atomic E-state index is 0.0750. The van der Waals surface area contributed by atoms with Gasteiger partial charge in [0.15, 0.2) is 0 Å². The fourth-order valence-electron chi connectivity index (χ4n) is 3.42. The molecule has 3 atom stereocenters. The average molecular weight is 268 g/mol. The van der Waals surface area contributed by atoms with E-state index in [1.807, 2.05) is 27.7 Å². The van der Waals surface area contributed by atoms with E-state index < -0.39 is 5.60 Å². The lowest BCUT2D eigenvalue weighted by atomic mass is 10.1. The van der Waals surface area contributed by atoms with Crippen LogP contribution in [-0.2, 0) is 9.53 Å². The van der Waals surface area contributed by atoms with Crippen LogP contribution in [-0.4, -0.2) is 59.6 Å². The predicted octanol–water partition coefficient (Wildman–Crippen LogP) is 1.89. The van der Waals surface area contributed by atoms with Crippen molar-refractivity contribution in [1.82, 2.24) is 9.80 Å². The van der Waals surface area contributed by atoms with Gasteiger partial charge in [-0.3, -0.25) is 9.69 Å². The maximum atomic E-state index is 12.3. The number of carbonyl (C=O) groups excluding carboxylic acids is 1. The number of fused-ring (bicyclic) bond motifs is 2. The summed E-state index contributed by atoms with van der Waals surface area (Å²) < 4.78 is 5.55. The molecule has 2 aliphatic heterocycles. The van der Waals surface area contributed by atoms with E-state index in [9.17, 15) is 4.79 Å². The number of hydrogen-bond donors (Lipinski definition) is 0. The monoisotopic (exact) mass is 268 g/mol. The van der Waals surface area contributed by atoms with Gasteiger partial charge < -0.3 is 9.64 Å². The van der Waals surface area contributed by atoms with Crippen LogP contribution in [0.3, 0.4) is 0 Å². The fourth-order valence-corrected chi connectivity index (χ4v) is 3.42. The summed E-state index contributed by atoms with van der Waals surface area (Å²) in [6.07, 6.45) is 3.61. The Balaban J connectivity index is 2.06. The van der Waals surface area contributed by atoms with E-state index in [4.69, 9.17) is 4.74 Å². The summed E-state index contributed by atoms with van der Waals surface area (Å²) in [7, 11) is 2.18. The van der Waals surface area contributed by atoms with Crippen molar-refractivity contribution in [2.45, 2.75) is 70.7 Å². The standard InChI is InChI=1S/C15H28N2O2/c1-11(14(18)19-15(2,3)4)17-12-6-7-13(17)10-16(5)9-8-12/h11-13H,6-10H2,1-5H3/t11?,12-,13+/m1/s1. The van der Waals surface area contributed by atoms with Gasteiger partial charge in [0.2, 0.25) is 0 Å². The third-order valence-corrected chi connectivity index (χ3v) is 4.24. The van der Waals surface area contributed by atoms with Crippen molar-refractivity contribution in [2.75, 3.05) is 20.1 Å². The lowest BCUT2D eigenvalue weighted by Crippen LogP contribution is -2.49. The van der Waals surface area contributed by atoms with Gasteiger partial charge in [-0.1, -0.05) is 0 Å². The molecule has 0 aromatic carbocycles. The van der Waals surface area contributed by atoms with Crippen LogP contribution < -0.4 is 0 Å². The molecule has 0 N–H and O–H groups in total. The third kappa shape index (κ3) is 3.48. The van der Waals surface area contributed by atoms with Crippen LogP contribution in [0.25, 0.3) is 0 Å². The average Bonchev–Trinajstić information content (AvgIpc) is 2.56. The Labute approximate surface area is 117 Å². The Morgan fingerprint density at radius 2 is 1.84 bits per heavy atom. The van der Waals surface area contributed by atoms with Crippen molar-refractivity contribution < 1.29 is 9.53 Å². The molecule has 0 radical (unpaired) electrons. The van der Waals surface area contributed by atoms with E-state index in [-0.39, 0.29) is 12.0 Å². The summed E-state index contributed by atoms with van der Waals surface area (Å²) in [4.78, 5) is 17.1. The summed E-state index contributed by atoms with van der Waals surface area (Å²) in [6, 6.07) is 0.945. The molecule has 0 spiro atoms. The SMILES string of the molecule is CC(C(=O)OC(C)(C)C)N1[C@@H]2CC[C@H]1CN(C)CC2. The van der Waals surface area contributed by atoms with Crippen LogP contribution in [0.5, 0.6) is 0 Å². The van der Waals surface area contributed by atoms with Gasteiger partial charge in [0.25, 0.3) is 0 Å². The number of esters is 1. The number of likely N-dealkylation sites (tertiary alicyclic amines) is 1. The molecule has 19 heavy (non-hydrogen) atoms. The number of nitrogens with zero attached hydrogens (tertiary/aromatic N) is 2. The first kappa shape index (κ1) is 14.8. The molecule has 0 aromatic heterocycles. The second-order valence-corrected chi connectivity index (χ2v) is 7.09. The van der Waals surface area contributed by atoms with Gasteiger partial charge in [-0.05, 0) is 60.5 Å². The maximum absolute atomic E-state index is 12.3. The number of likely N-dealkylation sites (N-methyl/N-ethyl adjacent to an activating group) is 1. The van der Waals surface area contributed by atoms with Crippen LogP contribution in [0.2, 0.25) is 0 Å². The van der Waals surface area contributed by atoms with E-state index in [0.29, 0.717) is 12.1 Å². The summed E-state index contributed by atoms with van der Waals surface area (Å²) in [5, 5.41) is 0. The van der Waals surface area contributed by atoms with Crippen LogP contribution in [0.15, 0.2) is 0 Å². The van der Waals surface area contributed by atoms with E-state index in [2.05, 4.69) is 16.8 Å². The predicted molar refractivity (Wildman–Crippen MR) is 76.1 cm³/mol. The zero-order valence-electron chi connectivity index (χ0n) is 13.0. The molecule has 2 saturated heterocycles. The normalized spacial score (nSPS) is 31.0. The van der Waals surface area contributed by atoms with Crippen LogP contribution in [0.1, 0.15) is 47.0 Å². The van der Waals surface area contributed by atoms with Crippen molar-refractivity contribution in [3.05, 3.63) is 0 Å². The Morgan fingerprint density at radius 3 is 2.47 bits per heavy atom. The molecule has 2 bridgehead atoms. The van der Waals surface area contributed by atoms with Crippen molar-refractivity contribution >= 4 is 5.97 Å². The lowest BCUT2D eigenvalue weighted by molar-refractivity contribution is -0.162. The van der Waals surface area contributed by atoms with Gasteiger partial charge in [-0.2, -0.15) is 0 Å². The van der Waals surface area contributed by atoms with Crippen LogP contribution in [0, 0.1) is 0 Å². The molecular formula is C15H28N2O2. The molecule has 0 saturated carbocycles. The second-order valence-electron chi connectivity index (χ2n) is 7.09. The van der Waals surface area contributed by atoms with Gasteiger partial charge >= 0.3 is 5.97 Å². The molecule has 2 fully saturated rings. The zero-order chi connectivity index (χ0) is 14.2. The van der Waals surface area contributed by atoms with Crippen molar-refractivity contribution in [3.8, 4) is 0 Å². The minimum Gasteiger partial charge on any atom is -0.459 e. The van der Waals surface area contributed by atoms with Gasteiger partial charge in [-0.25, -0.2) is 0 Å². The highest BCUT2D eigenvalue weighted by atomic mass is 16.6. The number of rotatable bonds is 2. The van der Waals surface area contributed by atoms with Gasteiger partial charge in [0.05, 0.1) is 0 Å². The van der Waals surface area contributed by atoms with Gasteiger partial charge in [0, 0.05) is 18.6 Å². The molecule has 2 rings (SSSR count). The summed E-state index contributed by atoms with van der Waals surface area (Å²) in [5.41, 5.74) is -0.396. The zero-order valence-corrected chi connectivity index (χ0v) is 13.0. The highest BCUT2D eigenvalue weighted by Gasteiger charge is 2.42. The molecule has 4 nitrogen and oxygen atoms in total. The molecule has 110 valence electrons. The van der Waals surface area contributed by atoms with Gasteiger partial charge in [-0.15, -0.1) is 0 Å². The third-order valence-electron chi connectivity index (χ3n) is 4.24. The first-order chi connectivity index (χ1) is 8.78. The highest BCUT2D eigenvalue weighted by Crippen LogP contribution is 2.32. The van der Waals surface area contributed by atoms with Crippen LogP contribution in [0.4, 0.5) is 0 Å². The number of ether oxygens (including phenoxy) is 1. The molecule has 0 aliphatic carbocycles. The molecule has 0 amide bonds. The molecule has 2 heterocycles. The Bertz CT molecular complexity index is 338. The topological polar surface area (TPSA) is 32.8 Å². The molecular weight excluding hydrogens is 240 g/mol. The van der Waals surface area contributed by atoms with E-state index >= 15 is 0 Å². The van der Waals surface area contributed by atoms with Crippen molar-refractivity contribution in [3.63, 3.8) is 0 Å². The molecule has 1 unspecified atom stereocenters. The Kier molecular flexibility index (Phi) is 4.21. The summed E-state index contributed by atoms with van der Waals surface area (Å²) >= 11 is 0. The smallest absolute Gasteiger partial charge is 0.323 e. The van der Waals surface area contributed by atoms with Crippen LogP contribution >= 0.6 is 0 Å². The number of hydrogen-bond acceptors (Lipinski definition) is 4. The molecule has 0 aromatic rings. The van der Waals surface area contributed by atoms with E-state index in [1.54, 1.807) is 0 Å². The summed E-state index contributed by atoms with van der Waals surface area (Å²) in [6.45, 7) is 10.0. The number of carbonyl (C=O) groups is 1. The first-order valence-corrected chi connectivity index (χ1v) is 7.47. The fraction of sp³-hybridized carbons (Fsp3) is 0.933. The lowest BCUT2D eigenvalue weighted by Gasteiger charge is -2.34.